The first-order valence-electron chi connectivity index (χ1n) is 7.93. The number of likely N-dealkylation sites (tertiary alicyclic amines) is 1. The van der Waals surface area contributed by atoms with Gasteiger partial charge < -0.3 is 0 Å². The molecule has 0 amide bonds. The van der Waals surface area contributed by atoms with Crippen LogP contribution in [0.1, 0.15) is 53.4 Å². The van der Waals surface area contributed by atoms with Gasteiger partial charge in [0.1, 0.15) is 12.5 Å². The normalized spacial score (nSPS) is 44.6. The van der Waals surface area contributed by atoms with Gasteiger partial charge in [-0.3, -0.25) is 14.9 Å². The summed E-state index contributed by atoms with van der Waals surface area (Å²) < 4.78 is 0. The van der Waals surface area contributed by atoms with E-state index in [0.29, 0.717) is 30.3 Å². The molecular formula is C15H28N4. The maximum atomic E-state index is 4.80. The zero-order valence-corrected chi connectivity index (χ0v) is 12.8. The first kappa shape index (κ1) is 13.4. The Balaban J connectivity index is 1.66. The van der Waals surface area contributed by atoms with E-state index in [0.717, 1.165) is 6.54 Å². The summed E-state index contributed by atoms with van der Waals surface area (Å²) in [6, 6.07) is 2.69. The molecule has 0 aromatic carbocycles. The fraction of sp³-hybridized carbons (Fsp3) is 0.933. The Morgan fingerprint density at radius 1 is 0.842 bits per heavy atom. The Labute approximate surface area is 117 Å². The smallest absolute Gasteiger partial charge is 0.123 e. The van der Waals surface area contributed by atoms with E-state index in [1.165, 1.54) is 25.7 Å². The number of hydrazine groups is 1. The van der Waals surface area contributed by atoms with Crippen LogP contribution in [0, 0.1) is 0 Å². The van der Waals surface area contributed by atoms with Crippen LogP contribution < -0.4 is 0 Å². The van der Waals surface area contributed by atoms with Crippen LogP contribution in [-0.2, 0) is 0 Å². The number of rotatable bonds is 2. The molecule has 5 atom stereocenters. The van der Waals surface area contributed by atoms with Crippen LogP contribution in [0.25, 0.3) is 0 Å². The Morgan fingerprint density at radius 2 is 1.37 bits per heavy atom. The molecule has 1 unspecified atom stereocenters. The molecule has 0 aliphatic carbocycles. The van der Waals surface area contributed by atoms with Gasteiger partial charge in [0.25, 0.3) is 0 Å². The maximum absolute atomic E-state index is 4.80. The summed E-state index contributed by atoms with van der Waals surface area (Å²) >= 11 is 0. The number of nitrogens with zero attached hydrogens (tertiary/aromatic N) is 4. The van der Waals surface area contributed by atoms with Crippen LogP contribution in [0.2, 0.25) is 0 Å². The molecule has 0 saturated carbocycles. The van der Waals surface area contributed by atoms with Crippen molar-refractivity contribution in [3.63, 3.8) is 0 Å². The molecule has 3 heterocycles. The fourth-order valence-electron chi connectivity index (χ4n) is 4.23. The van der Waals surface area contributed by atoms with Crippen molar-refractivity contribution in [2.24, 2.45) is 4.99 Å². The highest BCUT2D eigenvalue weighted by atomic mass is 15.7. The van der Waals surface area contributed by atoms with Crippen LogP contribution in [-0.4, -0.2) is 58.1 Å². The van der Waals surface area contributed by atoms with Gasteiger partial charge in [-0.05, 0) is 53.4 Å². The minimum absolute atomic E-state index is 0.368. The molecular weight excluding hydrogens is 236 g/mol. The second-order valence-electron chi connectivity index (χ2n) is 6.75. The van der Waals surface area contributed by atoms with Gasteiger partial charge in [-0.1, -0.05) is 0 Å². The molecule has 4 nitrogen and oxygen atoms in total. The second kappa shape index (κ2) is 5.06. The topological polar surface area (TPSA) is 22.1 Å². The summed E-state index contributed by atoms with van der Waals surface area (Å²) in [5, 5.41) is 4.92. The summed E-state index contributed by atoms with van der Waals surface area (Å²) in [6.07, 6.45) is 7.72. The lowest BCUT2D eigenvalue weighted by Gasteiger charge is -2.37. The number of aliphatic imine (C=N–C) groups is 1. The fourth-order valence-corrected chi connectivity index (χ4v) is 4.23. The lowest BCUT2D eigenvalue weighted by Crippen LogP contribution is -2.50. The number of hydrogen-bond donors (Lipinski definition) is 0. The van der Waals surface area contributed by atoms with E-state index in [1.807, 2.05) is 0 Å². The molecule has 0 aromatic heterocycles. The third kappa shape index (κ3) is 2.29. The molecule has 2 saturated heterocycles. The summed E-state index contributed by atoms with van der Waals surface area (Å²) in [7, 11) is 0. The highest BCUT2D eigenvalue weighted by Gasteiger charge is 2.39. The van der Waals surface area contributed by atoms with E-state index in [4.69, 9.17) is 4.99 Å². The lowest BCUT2D eigenvalue weighted by molar-refractivity contribution is -0.00161. The van der Waals surface area contributed by atoms with E-state index < -0.39 is 0 Å². The van der Waals surface area contributed by atoms with Crippen molar-refractivity contribution in [1.82, 2.24) is 14.9 Å². The largest absolute Gasteiger partial charge is 0.292 e. The van der Waals surface area contributed by atoms with Gasteiger partial charge in [0.2, 0.25) is 0 Å². The molecule has 0 bridgehead atoms. The predicted molar refractivity (Wildman–Crippen MR) is 79.0 cm³/mol. The number of hydrogen-bond acceptors (Lipinski definition) is 4. The zero-order chi connectivity index (χ0) is 13.6. The van der Waals surface area contributed by atoms with Crippen molar-refractivity contribution in [2.45, 2.75) is 83.7 Å². The first-order valence-corrected chi connectivity index (χ1v) is 7.93. The minimum atomic E-state index is 0.368. The van der Waals surface area contributed by atoms with Gasteiger partial charge in [-0.25, -0.2) is 5.01 Å². The first-order chi connectivity index (χ1) is 9.08. The molecule has 0 N–H and O–H groups in total. The van der Waals surface area contributed by atoms with Crippen LogP contribution in [0.3, 0.4) is 0 Å². The van der Waals surface area contributed by atoms with Crippen molar-refractivity contribution >= 4 is 6.34 Å². The molecule has 3 aliphatic heterocycles. The SMILES string of the molecule is C[C@@H]1CC[C@@H](C)N1C1CN(N2[C@H](C)CC[C@H]2C)C=N1. The van der Waals surface area contributed by atoms with Gasteiger partial charge in [-0.2, -0.15) is 0 Å². The highest BCUT2D eigenvalue weighted by molar-refractivity contribution is 5.57. The monoisotopic (exact) mass is 264 g/mol. The Morgan fingerprint density at radius 3 is 1.95 bits per heavy atom. The van der Waals surface area contributed by atoms with E-state index in [2.05, 4.69) is 49.0 Å². The lowest BCUT2D eigenvalue weighted by atomic mass is 10.2. The van der Waals surface area contributed by atoms with Gasteiger partial charge >= 0.3 is 0 Å². The van der Waals surface area contributed by atoms with Crippen LogP contribution in [0.4, 0.5) is 0 Å². The van der Waals surface area contributed by atoms with Crippen LogP contribution >= 0.6 is 0 Å². The molecule has 4 heteroatoms. The van der Waals surface area contributed by atoms with E-state index in [9.17, 15) is 0 Å². The summed E-state index contributed by atoms with van der Waals surface area (Å²) in [4.78, 5) is 7.41. The van der Waals surface area contributed by atoms with E-state index >= 15 is 0 Å². The molecule has 0 spiro atoms. The molecule has 0 radical (unpaired) electrons. The average molecular weight is 264 g/mol. The highest BCUT2D eigenvalue weighted by Crippen LogP contribution is 2.31. The third-order valence-corrected chi connectivity index (χ3v) is 5.29. The van der Waals surface area contributed by atoms with E-state index in [1.54, 1.807) is 0 Å². The van der Waals surface area contributed by atoms with Crippen molar-refractivity contribution in [3.05, 3.63) is 0 Å². The van der Waals surface area contributed by atoms with Crippen molar-refractivity contribution < 1.29 is 0 Å². The van der Waals surface area contributed by atoms with Crippen molar-refractivity contribution in [1.29, 1.82) is 0 Å². The van der Waals surface area contributed by atoms with Gasteiger partial charge in [0, 0.05) is 24.2 Å². The van der Waals surface area contributed by atoms with Crippen molar-refractivity contribution in [2.75, 3.05) is 6.54 Å². The minimum Gasteiger partial charge on any atom is -0.292 e. The third-order valence-electron chi connectivity index (χ3n) is 5.29. The van der Waals surface area contributed by atoms with Gasteiger partial charge in [-0.15, -0.1) is 0 Å². The summed E-state index contributed by atoms with van der Waals surface area (Å²) in [5.74, 6) is 0. The zero-order valence-electron chi connectivity index (χ0n) is 12.8. The van der Waals surface area contributed by atoms with Crippen molar-refractivity contribution in [3.8, 4) is 0 Å². The van der Waals surface area contributed by atoms with Gasteiger partial charge in [0.15, 0.2) is 0 Å². The average Bonchev–Trinajstić information content (AvgIpc) is 3.02. The van der Waals surface area contributed by atoms with E-state index in [-0.39, 0.29) is 0 Å². The Kier molecular flexibility index (Phi) is 3.56. The molecule has 3 aliphatic rings. The van der Waals surface area contributed by atoms with Crippen LogP contribution in [0.5, 0.6) is 0 Å². The molecule has 19 heavy (non-hydrogen) atoms. The predicted octanol–water partition coefficient (Wildman–Crippen LogP) is 2.32. The molecule has 108 valence electrons. The standard InChI is InChI=1S/C15H28N4/c1-11-5-6-12(2)18(11)15-9-17(10-16-15)19-13(3)7-8-14(19)4/h10-15H,5-9H2,1-4H3/t11-,12-,13-,14-,15?/m1/s1. The maximum Gasteiger partial charge on any atom is 0.123 e. The Hall–Kier alpha value is -0.610. The molecule has 2 fully saturated rings. The second-order valence-corrected chi connectivity index (χ2v) is 6.75. The molecule has 3 rings (SSSR count). The van der Waals surface area contributed by atoms with Gasteiger partial charge in [0.05, 0.1) is 6.54 Å². The van der Waals surface area contributed by atoms with Crippen LogP contribution in [0.15, 0.2) is 4.99 Å². The molecule has 0 aromatic rings. The summed E-state index contributed by atoms with van der Waals surface area (Å²) in [5.41, 5.74) is 0. The Bertz CT molecular complexity index is 304. The quantitative estimate of drug-likeness (QED) is 0.764. The summed E-state index contributed by atoms with van der Waals surface area (Å²) in [6.45, 7) is 10.4.